The molecule has 0 atom stereocenters. The van der Waals surface area contributed by atoms with E-state index >= 15 is 0 Å². The smallest absolute Gasteiger partial charge is 0.274 e. The van der Waals surface area contributed by atoms with Crippen molar-refractivity contribution in [1.82, 2.24) is 19.7 Å². The van der Waals surface area contributed by atoms with Crippen LogP contribution in [-0.2, 0) is 6.54 Å². The molecule has 0 aliphatic rings. The number of carbonyl (C=O) groups excluding carboxylic acids is 1. The first-order valence-electron chi connectivity index (χ1n) is 8.61. The van der Waals surface area contributed by atoms with Gasteiger partial charge in [-0.1, -0.05) is 18.2 Å². The summed E-state index contributed by atoms with van der Waals surface area (Å²) in [5, 5.41) is 10.8. The van der Waals surface area contributed by atoms with Crippen molar-refractivity contribution in [3.63, 3.8) is 0 Å². The third-order valence-corrected chi connectivity index (χ3v) is 4.41. The lowest BCUT2D eigenvalue weighted by Crippen LogP contribution is -2.24. The number of pyridine rings is 2. The number of nitrogens with two attached hydrogens (primary N) is 1. The van der Waals surface area contributed by atoms with Gasteiger partial charge in [0, 0.05) is 18.1 Å². The van der Waals surface area contributed by atoms with Crippen molar-refractivity contribution in [2.75, 3.05) is 11.9 Å². The minimum Gasteiger partial charge on any atom is -0.330 e. The first-order chi connectivity index (χ1) is 13.2. The Morgan fingerprint density at radius 3 is 2.85 bits per heavy atom. The average Bonchev–Trinajstić information content (AvgIpc) is 3.14. The zero-order valence-electron chi connectivity index (χ0n) is 14.5. The topological polar surface area (TPSA) is 119 Å². The summed E-state index contributed by atoms with van der Waals surface area (Å²) in [5.74, 6) is -0.441. The number of carbonyl (C=O) groups is 1. The maximum absolute atomic E-state index is 13.2. The van der Waals surface area contributed by atoms with Crippen LogP contribution in [0.25, 0.3) is 21.8 Å². The zero-order valence-corrected chi connectivity index (χ0v) is 14.5. The molecule has 3 heterocycles. The first-order valence-corrected chi connectivity index (χ1v) is 8.61. The minimum atomic E-state index is -0.441. The SMILES string of the molecule is NCCCn1c(=O)c2c(C(=O)Nc3cccnc3)[nH]nc2c2ccccc21. The molecule has 0 fully saturated rings. The molecule has 0 radical (unpaired) electrons. The Labute approximate surface area is 154 Å². The standard InChI is InChI=1S/C19H18N6O2/c20-8-4-10-25-14-7-2-1-6-13(14)16-15(19(25)27)17(24-23-16)18(26)22-12-5-3-9-21-11-12/h1-3,5-7,9,11H,4,8,10,20H2,(H,22,26)(H,23,24). The number of nitrogens with zero attached hydrogens (tertiary/aromatic N) is 3. The van der Waals surface area contributed by atoms with Gasteiger partial charge in [0.2, 0.25) is 0 Å². The Kier molecular flexibility index (Phi) is 4.39. The minimum absolute atomic E-state index is 0.131. The number of aryl methyl sites for hydroxylation is 1. The molecule has 3 aromatic heterocycles. The van der Waals surface area contributed by atoms with Crippen LogP contribution in [0.2, 0.25) is 0 Å². The molecule has 0 unspecified atom stereocenters. The molecular weight excluding hydrogens is 344 g/mol. The number of hydrogen-bond donors (Lipinski definition) is 3. The Hall–Kier alpha value is -3.52. The summed E-state index contributed by atoms with van der Waals surface area (Å²) in [6.07, 6.45) is 3.80. The molecule has 8 nitrogen and oxygen atoms in total. The molecule has 0 saturated carbocycles. The number of aromatic amines is 1. The van der Waals surface area contributed by atoms with Crippen LogP contribution in [0.1, 0.15) is 16.9 Å². The molecule has 0 bridgehead atoms. The van der Waals surface area contributed by atoms with E-state index in [2.05, 4.69) is 20.5 Å². The van der Waals surface area contributed by atoms with Crippen LogP contribution in [0.3, 0.4) is 0 Å². The fourth-order valence-electron chi connectivity index (χ4n) is 3.16. The highest BCUT2D eigenvalue weighted by Gasteiger charge is 2.21. The number of anilines is 1. The molecule has 1 aromatic carbocycles. The summed E-state index contributed by atoms with van der Waals surface area (Å²) in [6, 6.07) is 10.9. The normalized spacial score (nSPS) is 11.1. The Morgan fingerprint density at radius 1 is 1.22 bits per heavy atom. The number of nitrogens with one attached hydrogen (secondary N) is 2. The predicted molar refractivity (Wildman–Crippen MR) is 104 cm³/mol. The van der Waals surface area contributed by atoms with Crippen molar-refractivity contribution in [2.24, 2.45) is 5.73 Å². The van der Waals surface area contributed by atoms with Crippen LogP contribution in [0.15, 0.2) is 53.6 Å². The summed E-state index contributed by atoms with van der Waals surface area (Å²) in [4.78, 5) is 29.9. The van der Waals surface area contributed by atoms with Crippen LogP contribution in [-0.4, -0.2) is 32.2 Å². The molecule has 4 N–H and O–H groups in total. The summed E-state index contributed by atoms with van der Waals surface area (Å²) < 4.78 is 1.65. The second kappa shape index (κ2) is 7.00. The van der Waals surface area contributed by atoms with E-state index in [9.17, 15) is 9.59 Å². The van der Waals surface area contributed by atoms with Crippen molar-refractivity contribution in [3.8, 4) is 0 Å². The van der Waals surface area contributed by atoms with Crippen LogP contribution in [0.4, 0.5) is 5.69 Å². The van der Waals surface area contributed by atoms with E-state index < -0.39 is 5.91 Å². The molecule has 27 heavy (non-hydrogen) atoms. The largest absolute Gasteiger partial charge is 0.330 e. The van der Waals surface area contributed by atoms with E-state index in [-0.39, 0.29) is 16.6 Å². The molecule has 4 rings (SSSR count). The van der Waals surface area contributed by atoms with Crippen molar-refractivity contribution in [3.05, 3.63) is 64.8 Å². The number of aromatic nitrogens is 4. The zero-order chi connectivity index (χ0) is 18.8. The number of fused-ring (bicyclic) bond motifs is 3. The number of amides is 1. The molecule has 0 spiro atoms. The highest BCUT2D eigenvalue weighted by atomic mass is 16.2. The van der Waals surface area contributed by atoms with E-state index in [1.54, 1.807) is 22.9 Å². The van der Waals surface area contributed by atoms with Gasteiger partial charge in [-0.25, -0.2) is 0 Å². The van der Waals surface area contributed by atoms with E-state index in [0.717, 1.165) is 10.9 Å². The maximum atomic E-state index is 13.2. The van der Waals surface area contributed by atoms with E-state index in [0.29, 0.717) is 30.7 Å². The molecule has 136 valence electrons. The van der Waals surface area contributed by atoms with E-state index in [4.69, 9.17) is 5.73 Å². The number of rotatable bonds is 5. The quantitative estimate of drug-likeness (QED) is 0.501. The van der Waals surface area contributed by atoms with Crippen LogP contribution in [0, 0.1) is 0 Å². The monoisotopic (exact) mass is 362 g/mol. The Morgan fingerprint density at radius 2 is 2.07 bits per heavy atom. The third kappa shape index (κ3) is 2.96. The molecular formula is C19H18N6O2. The molecule has 0 aliphatic heterocycles. The van der Waals surface area contributed by atoms with Gasteiger partial charge in [0.1, 0.15) is 11.2 Å². The van der Waals surface area contributed by atoms with Gasteiger partial charge < -0.3 is 15.6 Å². The summed E-state index contributed by atoms with van der Waals surface area (Å²) in [6.45, 7) is 0.944. The Balaban J connectivity index is 1.89. The number of hydrogen-bond acceptors (Lipinski definition) is 5. The first kappa shape index (κ1) is 16.9. The maximum Gasteiger partial charge on any atom is 0.274 e. The van der Waals surface area contributed by atoms with Gasteiger partial charge in [-0.3, -0.25) is 19.7 Å². The van der Waals surface area contributed by atoms with Crippen molar-refractivity contribution in [1.29, 1.82) is 0 Å². The molecule has 0 aliphatic carbocycles. The number of benzene rings is 1. The predicted octanol–water partition coefficient (Wildman–Crippen LogP) is 1.87. The van der Waals surface area contributed by atoms with E-state index in [1.165, 1.54) is 6.20 Å². The van der Waals surface area contributed by atoms with Crippen molar-refractivity contribution >= 4 is 33.4 Å². The van der Waals surface area contributed by atoms with Gasteiger partial charge >= 0.3 is 0 Å². The van der Waals surface area contributed by atoms with Crippen molar-refractivity contribution < 1.29 is 4.79 Å². The van der Waals surface area contributed by atoms with Gasteiger partial charge in [-0.15, -0.1) is 0 Å². The average molecular weight is 362 g/mol. The number of para-hydroxylation sites is 1. The fourth-order valence-corrected chi connectivity index (χ4v) is 3.16. The molecule has 4 aromatic rings. The lowest BCUT2D eigenvalue weighted by molar-refractivity contribution is 0.102. The highest BCUT2D eigenvalue weighted by molar-refractivity contribution is 6.15. The molecule has 8 heteroatoms. The van der Waals surface area contributed by atoms with Gasteiger partial charge in [0.25, 0.3) is 11.5 Å². The summed E-state index contributed by atoms with van der Waals surface area (Å²) >= 11 is 0. The van der Waals surface area contributed by atoms with Crippen molar-refractivity contribution in [2.45, 2.75) is 13.0 Å². The van der Waals surface area contributed by atoms with E-state index in [1.807, 2.05) is 24.3 Å². The van der Waals surface area contributed by atoms with Crippen LogP contribution >= 0.6 is 0 Å². The highest BCUT2D eigenvalue weighted by Crippen LogP contribution is 2.23. The second-order valence-electron chi connectivity index (χ2n) is 6.13. The lowest BCUT2D eigenvalue weighted by atomic mass is 10.1. The fraction of sp³-hybridized carbons (Fsp3) is 0.158. The summed E-state index contributed by atoms with van der Waals surface area (Å²) in [5.41, 5.74) is 7.28. The third-order valence-electron chi connectivity index (χ3n) is 4.41. The van der Waals surface area contributed by atoms with Crippen LogP contribution < -0.4 is 16.6 Å². The van der Waals surface area contributed by atoms with Gasteiger partial charge in [-0.05, 0) is 31.2 Å². The van der Waals surface area contributed by atoms with Gasteiger partial charge in [0.15, 0.2) is 0 Å². The van der Waals surface area contributed by atoms with Gasteiger partial charge in [0.05, 0.1) is 22.8 Å². The second-order valence-corrected chi connectivity index (χ2v) is 6.13. The van der Waals surface area contributed by atoms with Crippen LogP contribution in [0.5, 0.6) is 0 Å². The molecule has 1 amide bonds. The lowest BCUT2D eigenvalue weighted by Gasteiger charge is -2.11. The molecule has 0 saturated heterocycles. The number of H-pyrrole nitrogens is 1. The van der Waals surface area contributed by atoms with Gasteiger partial charge in [-0.2, -0.15) is 5.10 Å². The Bertz CT molecular complexity index is 1180. The summed E-state index contributed by atoms with van der Waals surface area (Å²) in [7, 11) is 0.